The first kappa shape index (κ1) is 14.4. The lowest BCUT2D eigenvalue weighted by molar-refractivity contribution is -0.114. The number of primary sulfonamides is 1. The van der Waals surface area contributed by atoms with E-state index in [1.165, 1.54) is 18.2 Å². The van der Waals surface area contributed by atoms with Crippen LogP contribution in [0.25, 0.3) is 0 Å². The summed E-state index contributed by atoms with van der Waals surface area (Å²) in [6.45, 7) is -0.0242. The Kier molecular flexibility index (Phi) is 3.51. The van der Waals surface area contributed by atoms with Gasteiger partial charge in [0.05, 0.1) is 16.3 Å². The van der Waals surface area contributed by atoms with Crippen molar-refractivity contribution in [2.24, 2.45) is 10.1 Å². The summed E-state index contributed by atoms with van der Waals surface area (Å²) in [7, 11) is -3.84. The van der Waals surface area contributed by atoms with Crippen molar-refractivity contribution in [2.45, 2.75) is 4.90 Å². The highest BCUT2D eigenvalue weighted by atomic mass is 32.2. The second kappa shape index (κ2) is 5.36. The van der Waals surface area contributed by atoms with Crippen LogP contribution >= 0.6 is 0 Å². The molecule has 112 valence electrons. The highest BCUT2D eigenvalue weighted by molar-refractivity contribution is 7.89. The maximum absolute atomic E-state index is 11.7. The zero-order chi connectivity index (χ0) is 15.7. The molecule has 0 atom stereocenters. The van der Waals surface area contributed by atoms with E-state index < -0.39 is 10.0 Å². The van der Waals surface area contributed by atoms with Gasteiger partial charge in [0.15, 0.2) is 0 Å². The van der Waals surface area contributed by atoms with Crippen molar-refractivity contribution in [3.63, 3.8) is 0 Å². The predicted molar refractivity (Wildman–Crippen MR) is 83.4 cm³/mol. The second-order valence-corrected chi connectivity index (χ2v) is 6.39. The molecule has 2 aromatic carbocycles. The lowest BCUT2D eigenvalue weighted by Crippen LogP contribution is -2.15. The monoisotopic (exact) mass is 315 g/mol. The van der Waals surface area contributed by atoms with Gasteiger partial charge in [-0.25, -0.2) is 13.6 Å². The van der Waals surface area contributed by atoms with Crippen LogP contribution in [0.5, 0.6) is 0 Å². The standard InChI is InChI=1S/C15H13N3O3S/c16-22(20,21)11-6-7-13-12(8-11)15(17-9-14(19)18-13)10-4-2-1-3-5-10/h1-8H,9H2,(H,18,19)(H2,16,20,21). The average Bonchev–Trinajstić information content (AvgIpc) is 2.65. The number of hydrogen-bond donors (Lipinski definition) is 2. The number of fused-ring (bicyclic) bond motifs is 1. The van der Waals surface area contributed by atoms with Crippen LogP contribution in [0.15, 0.2) is 58.4 Å². The SMILES string of the molecule is NS(=O)(=O)c1ccc2c(c1)C(c1ccccc1)=NCC(=O)N2. The number of rotatable bonds is 2. The van der Waals surface area contributed by atoms with Gasteiger partial charge in [0.1, 0.15) is 6.54 Å². The van der Waals surface area contributed by atoms with Gasteiger partial charge in [0.25, 0.3) is 0 Å². The molecule has 0 radical (unpaired) electrons. The summed E-state index contributed by atoms with van der Waals surface area (Å²) >= 11 is 0. The van der Waals surface area contributed by atoms with Crippen molar-refractivity contribution < 1.29 is 13.2 Å². The fourth-order valence-electron chi connectivity index (χ4n) is 2.27. The Morgan fingerprint density at radius 1 is 1.09 bits per heavy atom. The maximum Gasteiger partial charge on any atom is 0.246 e. The summed E-state index contributed by atoms with van der Waals surface area (Å²) in [5.74, 6) is -0.254. The van der Waals surface area contributed by atoms with Gasteiger partial charge < -0.3 is 5.32 Å². The molecular weight excluding hydrogens is 302 g/mol. The topological polar surface area (TPSA) is 102 Å². The van der Waals surface area contributed by atoms with Crippen molar-refractivity contribution in [2.75, 3.05) is 11.9 Å². The fourth-order valence-corrected chi connectivity index (χ4v) is 2.81. The molecule has 0 aliphatic carbocycles. The van der Waals surface area contributed by atoms with Crippen molar-refractivity contribution in [3.05, 3.63) is 59.7 Å². The zero-order valence-electron chi connectivity index (χ0n) is 11.5. The molecule has 3 rings (SSSR count). The number of carbonyl (C=O) groups excluding carboxylic acids is 1. The Bertz CT molecular complexity index is 874. The van der Waals surface area contributed by atoms with Crippen LogP contribution in [0.4, 0.5) is 5.69 Å². The van der Waals surface area contributed by atoms with Crippen LogP contribution in [0.1, 0.15) is 11.1 Å². The van der Waals surface area contributed by atoms with Crippen molar-refractivity contribution in [1.82, 2.24) is 0 Å². The molecule has 1 heterocycles. The van der Waals surface area contributed by atoms with Gasteiger partial charge in [-0.15, -0.1) is 0 Å². The zero-order valence-corrected chi connectivity index (χ0v) is 12.3. The van der Waals surface area contributed by atoms with E-state index in [4.69, 9.17) is 5.14 Å². The van der Waals surface area contributed by atoms with Crippen LogP contribution in [0.3, 0.4) is 0 Å². The van der Waals surface area contributed by atoms with Crippen LogP contribution in [-0.4, -0.2) is 26.6 Å². The summed E-state index contributed by atoms with van der Waals surface area (Å²) in [4.78, 5) is 16.0. The van der Waals surface area contributed by atoms with Gasteiger partial charge in [-0.2, -0.15) is 0 Å². The number of aliphatic imine (C=N–C) groups is 1. The van der Waals surface area contributed by atoms with Gasteiger partial charge in [0, 0.05) is 11.1 Å². The number of sulfonamides is 1. The van der Waals surface area contributed by atoms with E-state index in [-0.39, 0.29) is 17.3 Å². The van der Waals surface area contributed by atoms with E-state index in [1.54, 1.807) is 0 Å². The Hall–Kier alpha value is -2.51. The Morgan fingerprint density at radius 3 is 2.50 bits per heavy atom. The van der Waals surface area contributed by atoms with Crippen molar-refractivity contribution in [3.8, 4) is 0 Å². The first-order valence-corrected chi connectivity index (χ1v) is 8.07. The Balaban J connectivity index is 2.23. The lowest BCUT2D eigenvalue weighted by atomic mass is 10.0. The number of benzodiazepines with no additional fused rings is 1. The molecule has 7 heteroatoms. The molecule has 1 aliphatic rings. The molecule has 3 N–H and O–H groups in total. The minimum atomic E-state index is -3.84. The third-order valence-corrected chi connectivity index (χ3v) is 4.19. The number of hydrogen-bond acceptors (Lipinski definition) is 4. The summed E-state index contributed by atoms with van der Waals surface area (Å²) in [5, 5.41) is 7.90. The van der Waals surface area contributed by atoms with E-state index in [9.17, 15) is 13.2 Å². The number of carbonyl (C=O) groups is 1. The second-order valence-electron chi connectivity index (χ2n) is 4.83. The van der Waals surface area contributed by atoms with Crippen LogP contribution in [0, 0.1) is 0 Å². The third-order valence-electron chi connectivity index (χ3n) is 3.28. The normalized spacial score (nSPS) is 14.6. The van der Waals surface area contributed by atoms with Crippen LogP contribution in [0.2, 0.25) is 0 Å². The molecule has 1 amide bonds. The largest absolute Gasteiger partial charge is 0.324 e. The summed E-state index contributed by atoms with van der Waals surface area (Å²) in [5.41, 5.74) is 2.40. The number of amides is 1. The molecule has 2 aromatic rings. The number of anilines is 1. The molecule has 1 aliphatic heterocycles. The fraction of sp³-hybridized carbons (Fsp3) is 0.0667. The molecule has 22 heavy (non-hydrogen) atoms. The molecule has 0 unspecified atom stereocenters. The van der Waals surface area contributed by atoms with E-state index >= 15 is 0 Å². The van der Waals surface area contributed by atoms with Crippen LogP contribution < -0.4 is 10.5 Å². The van der Waals surface area contributed by atoms with Crippen molar-refractivity contribution in [1.29, 1.82) is 0 Å². The molecule has 0 bridgehead atoms. The first-order chi connectivity index (χ1) is 10.4. The molecular formula is C15H13N3O3S. The summed E-state index contributed by atoms with van der Waals surface area (Å²) in [6.07, 6.45) is 0. The van der Waals surface area contributed by atoms with Gasteiger partial charge in [-0.3, -0.25) is 9.79 Å². The molecule has 0 spiro atoms. The Labute approximate surface area is 127 Å². The molecule has 6 nitrogen and oxygen atoms in total. The van der Waals surface area contributed by atoms with Gasteiger partial charge in [-0.05, 0) is 18.2 Å². The number of benzene rings is 2. The summed E-state index contributed by atoms with van der Waals surface area (Å²) < 4.78 is 23.1. The predicted octanol–water partition coefficient (Wildman–Crippen LogP) is 1.12. The van der Waals surface area contributed by atoms with E-state index in [2.05, 4.69) is 10.3 Å². The first-order valence-electron chi connectivity index (χ1n) is 6.52. The molecule has 0 aromatic heterocycles. The minimum Gasteiger partial charge on any atom is -0.324 e. The Morgan fingerprint density at radius 2 is 1.82 bits per heavy atom. The smallest absolute Gasteiger partial charge is 0.246 e. The van der Waals surface area contributed by atoms with Gasteiger partial charge >= 0.3 is 0 Å². The summed E-state index contributed by atoms with van der Waals surface area (Å²) in [6, 6.07) is 13.6. The molecule has 0 saturated carbocycles. The van der Waals surface area contributed by atoms with E-state index in [0.29, 0.717) is 17.0 Å². The van der Waals surface area contributed by atoms with Crippen LogP contribution in [-0.2, 0) is 14.8 Å². The number of nitrogens with one attached hydrogen (secondary N) is 1. The van der Waals surface area contributed by atoms with E-state index in [1.807, 2.05) is 30.3 Å². The number of nitrogens with two attached hydrogens (primary N) is 1. The highest BCUT2D eigenvalue weighted by Crippen LogP contribution is 2.25. The number of nitrogens with zero attached hydrogens (tertiary/aromatic N) is 1. The quantitative estimate of drug-likeness (QED) is 0.868. The molecule has 0 fully saturated rings. The highest BCUT2D eigenvalue weighted by Gasteiger charge is 2.20. The maximum atomic E-state index is 11.7. The van der Waals surface area contributed by atoms with E-state index in [0.717, 1.165) is 5.56 Å². The average molecular weight is 315 g/mol. The third kappa shape index (κ3) is 2.76. The van der Waals surface area contributed by atoms with Crippen molar-refractivity contribution >= 4 is 27.3 Å². The minimum absolute atomic E-state index is 0.0222. The van der Waals surface area contributed by atoms with Gasteiger partial charge in [0.2, 0.25) is 15.9 Å². The lowest BCUT2D eigenvalue weighted by Gasteiger charge is -2.11. The molecule has 0 saturated heterocycles. The van der Waals surface area contributed by atoms with Gasteiger partial charge in [-0.1, -0.05) is 30.3 Å².